The van der Waals surface area contributed by atoms with Crippen molar-refractivity contribution in [1.82, 2.24) is 19.9 Å². The fraction of sp³-hybridized carbons (Fsp3) is 0.360. The first-order valence-corrected chi connectivity index (χ1v) is 12.4. The van der Waals surface area contributed by atoms with Crippen LogP contribution in [-0.2, 0) is 0 Å². The van der Waals surface area contributed by atoms with Gasteiger partial charge in [0.25, 0.3) is 5.91 Å². The smallest absolute Gasteiger partial charge is 0.257 e. The molecular formula is C25H30N6OS. The average Bonchev–Trinajstić information content (AvgIpc) is 3.51. The highest BCUT2D eigenvalue weighted by atomic mass is 32.1. The van der Waals surface area contributed by atoms with Gasteiger partial charge in [0, 0.05) is 36.6 Å². The van der Waals surface area contributed by atoms with Crippen LogP contribution in [0, 0.1) is 5.92 Å². The lowest BCUT2D eigenvalue weighted by Gasteiger charge is -2.24. The van der Waals surface area contributed by atoms with E-state index in [1.807, 2.05) is 35.7 Å². The molecule has 0 aliphatic rings. The van der Waals surface area contributed by atoms with Gasteiger partial charge in [-0.1, -0.05) is 27.2 Å². The molecule has 172 valence electrons. The molecule has 0 bridgehead atoms. The maximum absolute atomic E-state index is 12.8. The van der Waals surface area contributed by atoms with Crippen molar-refractivity contribution in [3.05, 3.63) is 53.7 Å². The largest absolute Gasteiger partial charge is 0.357 e. The SMILES string of the molecule is CCCN(CCC(C)CC)c1ccc(C(=O)Nc2ccc3nc(-c4nccs4)[nH]c3c2)cn1. The summed E-state index contributed by atoms with van der Waals surface area (Å²) in [5, 5.41) is 5.72. The molecule has 3 heterocycles. The van der Waals surface area contributed by atoms with E-state index in [1.165, 1.54) is 17.8 Å². The van der Waals surface area contributed by atoms with Gasteiger partial charge < -0.3 is 15.2 Å². The summed E-state index contributed by atoms with van der Waals surface area (Å²) in [6.45, 7) is 8.63. The first kappa shape index (κ1) is 22.9. The number of anilines is 2. The van der Waals surface area contributed by atoms with Gasteiger partial charge in [-0.25, -0.2) is 15.0 Å². The van der Waals surface area contributed by atoms with Crippen molar-refractivity contribution in [3.8, 4) is 10.8 Å². The summed E-state index contributed by atoms with van der Waals surface area (Å²) in [6.07, 6.45) is 6.80. The van der Waals surface area contributed by atoms with Gasteiger partial charge in [0.05, 0.1) is 16.6 Å². The zero-order valence-electron chi connectivity index (χ0n) is 19.3. The van der Waals surface area contributed by atoms with E-state index in [1.54, 1.807) is 12.4 Å². The standard InChI is InChI=1S/C25H30N6OS/c1-4-12-31(13-10-17(3)5-2)22-9-6-18(16-27-22)24(32)28-19-7-8-20-21(15-19)30-23(29-20)25-26-11-14-33-25/h6-9,11,14-17H,4-5,10,12-13H2,1-3H3,(H,28,32)(H,29,30). The van der Waals surface area contributed by atoms with E-state index >= 15 is 0 Å². The third-order valence-electron chi connectivity index (χ3n) is 5.79. The Morgan fingerprint density at radius 3 is 2.76 bits per heavy atom. The lowest BCUT2D eigenvalue weighted by Crippen LogP contribution is -2.27. The molecule has 0 saturated heterocycles. The van der Waals surface area contributed by atoms with E-state index in [2.05, 4.69) is 50.9 Å². The van der Waals surface area contributed by atoms with E-state index in [4.69, 9.17) is 0 Å². The van der Waals surface area contributed by atoms with Gasteiger partial charge in [0.2, 0.25) is 0 Å². The molecule has 0 saturated carbocycles. The van der Waals surface area contributed by atoms with Gasteiger partial charge in [-0.3, -0.25) is 4.79 Å². The second-order valence-electron chi connectivity index (χ2n) is 8.30. The summed E-state index contributed by atoms with van der Waals surface area (Å²) in [4.78, 5) is 31.8. The number of hydrogen-bond donors (Lipinski definition) is 2. The van der Waals surface area contributed by atoms with Crippen LogP contribution in [-0.4, -0.2) is 38.9 Å². The van der Waals surface area contributed by atoms with E-state index in [9.17, 15) is 4.79 Å². The summed E-state index contributed by atoms with van der Waals surface area (Å²) in [5.41, 5.74) is 2.91. The molecule has 2 N–H and O–H groups in total. The molecule has 4 aromatic rings. The molecular weight excluding hydrogens is 432 g/mol. The number of hydrogen-bond acceptors (Lipinski definition) is 6. The van der Waals surface area contributed by atoms with Crippen molar-refractivity contribution < 1.29 is 4.79 Å². The number of nitrogens with zero attached hydrogens (tertiary/aromatic N) is 4. The number of imidazole rings is 1. The third kappa shape index (κ3) is 5.57. The zero-order chi connectivity index (χ0) is 23.2. The first-order chi connectivity index (χ1) is 16.1. The number of fused-ring (bicyclic) bond motifs is 1. The minimum atomic E-state index is -0.185. The van der Waals surface area contributed by atoms with Crippen molar-refractivity contribution in [1.29, 1.82) is 0 Å². The normalized spacial score (nSPS) is 12.1. The Hall–Kier alpha value is -3.26. The summed E-state index contributed by atoms with van der Waals surface area (Å²) >= 11 is 1.53. The molecule has 1 unspecified atom stereocenters. The van der Waals surface area contributed by atoms with Crippen LogP contribution in [0.5, 0.6) is 0 Å². The lowest BCUT2D eigenvalue weighted by atomic mass is 10.1. The molecule has 1 atom stereocenters. The molecule has 0 aliphatic carbocycles. The first-order valence-electron chi connectivity index (χ1n) is 11.5. The molecule has 0 fully saturated rings. The fourth-order valence-corrected chi connectivity index (χ4v) is 4.21. The summed E-state index contributed by atoms with van der Waals surface area (Å²) in [7, 11) is 0. The monoisotopic (exact) mass is 462 g/mol. The Bertz CT molecular complexity index is 1190. The van der Waals surface area contributed by atoms with Gasteiger partial charge >= 0.3 is 0 Å². The van der Waals surface area contributed by atoms with Gasteiger partial charge in [0.15, 0.2) is 10.8 Å². The number of H-pyrrole nitrogens is 1. The number of carbonyl (C=O) groups is 1. The van der Waals surface area contributed by atoms with Gasteiger partial charge in [-0.15, -0.1) is 11.3 Å². The number of carbonyl (C=O) groups excluding carboxylic acids is 1. The number of thiazole rings is 1. The van der Waals surface area contributed by atoms with Crippen molar-refractivity contribution in [3.63, 3.8) is 0 Å². The Balaban J connectivity index is 1.44. The third-order valence-corrected chi connectivity index (χ3v) is 6.57. The minimum absolute atomic E-state index is 0.185. The number of rotatable bonds is 10. The van der Waals surface area contributed by atoms with Gasteiger partial charge in [-0.05, 0) is 49.1 Å². The molecule has 3 aromatic heterocycles. The molecule has 4 rings (SSSR count). The maximum Gasteiger partial charge on any atom is 0.257 e. The Labute approximate surface area is 198 Å². The van der Waals surface area contributed by atoms with E-state index in [-0.39, 0.29) is 5.91 Å². The molecule has 8 heteroatoms. The van der Waals surface area contributed by atoms with Crippen LogP contribution in [0.15, 0.2) is 48.1 Å². The number of nitrogens with one attached hydrogen (secondary N) is 2. The lowest BCUT2D eigenvalue weighted by molar-refractivity contribution is 0.102. The molecule has 1 amide bonds. The number of pyridine rings is 1. The maximum atomic E-state index is 12.8. The second-order valence-corrected chi connectivity index (χ2v) is 9.20. The van der Waals surface area contributed by atoms with Gasteiger partial charge in [-0.2, -0.15) is 0 Å². The quantitative estimate of drug-likeness (QED) is 0.302. The average molecular weight is 463 g/mol. The molecule has 33 heavy (non-hydrogen) atoms. The van der Waals surface area contributed by atoms with Crippen LogP contribution in [0.2, 0.25) is 0 Å². The van der Waals surface area contributed by atoms with Crippen molar-refractivity contribution >= 4 is 39.8 Å². The van der Waals surface area contributed by atoms with Crippen molar-refractivity contribution in [2.75, 3.05) is 23.3 Å². The minimum Gasteiger partial charge on any atom is -0.357 e. The molecule has 0 radical (unpaired) electrons. The highest BCUT2D eigenvalue weighted by molar-refractivity contribution is 7.13. The summed E-state index contributed by atoms with van der Waals surface area (Å²) in [6, 6.07) is 9.42. The van der Waals surface area contributed by atoms with Crippen LogP contribution >= 0.6 is 11.3 Å². The van der Waals surface area contributed by atoms with Crippen LogP contribution in [0.3, 0.4) is 0 Å². The number of aromatic nitrogens is 4. The Morgan fingerprint density at radius 1 is 1.18 bits per heavy atom. The van der Waals surface area contributed by atoms with Gasteiger partial charge in [0.1, 0.15) is 5.82 Å². The highest BCUT2D eigenvalue weighted by Gasteiger charge is 2.13. The predicted octanol–water partition coefficient (Wildman–Crippen LogP) is 5.99. The van der Waals surface area contributed by atoms with E-state index in [0.717, 1.165) is 53.6 Å². The van der Waals surface area contributed by atoms with Crippen molar-refractivity contribution in [2.24, 2.45) is 5.92 Å². The van der Waals surface area contributed by atoms with Crippen LogP contribution in [0.1, 0.15) is 50.4 Å². The topological polar surface area (TPSA) is 86.8 Å². The number of amides is 1. The van der Waals surface area contributed by atoms with Crippen molar-refractivity contribution in [2.45, 2.75) is 40.0 Å². The fourth-order valence-electron chi connectivity index (χ4n) is 3.63. The number of aromatic amines is 1. The van der Waals surface area contributed by atoms with Crippen LogP contribution in [0.25, 0.3) is 21.9 Å². The Morgan fingerprint density at radius 2 is 2.06 bits per heavy atom. The molecule has 0 aliphatic heterocycles. The second kappa shape index (κ2) is 10.6. The number of benzene rings is 1. The highest BCUT2D eigenvalue weighted by Crippen LogP contribution is 2.24. The van der Waals surface area contributed by atoms with E-state index < -0.39 is 0 Å². The zero-order valence-corrected chi connectivity index (χ0v) is 20.2. The summed E-state index contributed by atoms with van der Waals surface area (Å²) in [5.74, 6) is 2.16. The van der Waals surface area contributed by atoms with E-state index in [0.29, 0.717) is 17.2 Å². The predicted molar refractivity (Wildman–Crippen MR) is 136 cm³/mol. The molecule has 7 nitrogen and oxygen atoms in total. The molecule has 1 aromatic carbocycles. The van der Waals surface area contributed by atoms with Crippen LogP contribution < -0.4 is 10.2 Å². The molecule has 0 spiro atoms. The Kier molecular flexibility index (Phi) is 7.34. The van der Waals surface area contributed by atoms with Crippen LogP contribution in [0.4, 0.5) is 11.5 Å². The summed E-state index contributed by atoms with van der Waals surface area (Å²) < 4.78 is 0.